The molecule has 0 radical (unpaired) electrons. The standard InChI is InChI=1S/C11H14N2O2/c1-2-8-4-7-12-9(13-8)11(10(14)15)5-3-6-11/h4,7H,2-3,5-6H2,1H3,(H,14,15). The van der Waals surface area contributed by atoms with Gasteiger partial charge in [0.15, 0.2) is 0 Å². The summed E-state index contributed by atoms with van der Waals surface area (Å²) in [5, 5.41) is 9.22. The number of hydrogen-bond donors (Lipinski definition) is 1. The highest BCUT2D eigenvalue weighted by atomic mass is 16.4. The quantitative estimate of drug-likeness (QED) is 0.814. The molecular weight excluding hydrogens is 192 g/mol. The highest BCUT2D eigenvalue weighted by Crippen LogP contribution is 2.42. The van der Waals surface area contributed by atoms with Crippen LogP contribution in [0.3, 0.4) is 0 Å². The Bertz CT molecular complexity index is 386. The Labute approximate surface area is 88.4 Å². The van der Waals surface area contributed by atoms with E-state index in [4.69, 9.17) is 0 Å². The van der Waals surface area contributed by atoms with Gasteiger partial charge in [0.25, 0.3) is 0 Å². The van der Waals surface area contributed by atoms with Gasteiger partial charge >= 0.3 is 5.97 Å². The van der Waals surface area contributed by atoms with Gasteiger partial charge in [-0.15, -0.1) is 0 Å². The molecule has 2 rings (SSSR count). The first kappa shape index (κ1) is 10.1. The van der Waals surface area contributed by atoms with E-state index < -0.39 is 11.4 Å². The average Bonchev–Trinajstić information content (AvgIpc) is 2.16. The van der Waals surface area contributed by atoms with E-state index >= 15 is 0 Å². The zero-order valence-corrected chi connectivity index (χ0v) is 8.73. The molecule has 1 aliphatic carbocycles. The number of aliphatic carboxylic acids is 1. The molecule has 0 amide bonds. The van der Waals surface area contributed by atoms with Crippen LogP contribution in [-0.2, 0) is 16.6 Å². The fourth-order valence-electron chi connectivity index (χ4n) is 1.89. The van der Waals surface area contributed by atoms with Crippen LogP contribution >= 0.6 is 0 Å². The normalized spacial score (nSPS) is 18.2. The number of nitrogens with zero attached hydrogens (tertiary/aromatic N) is 2. The second-order valence-electron chi connectivity index (χ2n) is 3.97. The molecule has 0 bridgehead atoms. The maximum Gasteiger partial charge on any atom is 0.317 e. The third-order valence-electron chi connectivity index (χ3n) is 3.12. The van der Waals surface area contributed by atoms with Gasteiger partial charge < -0.3 is 5.11 Å². The molecule has 1 aliphatic rings. The van der Waals surface area contributed by atoms with Crippen molar-refractivity contribution >= 4 is 5.97 Å². The molecule has 0 atom stereocenters. The van der Waals surface area contributed by atoms with Crippen molar-refractivity contribution in [2.45, 2.75) is 38.0 Å². The van der Waals surface area contributed by atoms with E-state index in [1.54, 1.807) is 6.20 Å². The first-order valence-corrected chi connectivity index (χ1v) is 5.25. The van der Waals surface area contributed by atoms with Crippen molar-refractivity contribution in [3.8, 4) is 0 Å². The number of hydrogen-bond acceptors (Lipinski definition) is 3. The number of carboxylic acid groups (broad SMARTS) is 1. The Balaban J connectivity index is 2.38. The summed E-state index contributed by atoms with van der Waals surface area (Å²) < 4.78 is 0. The third kappa shape index (κ3) is 1.50. The van der Waals surface area contributed by atoms with Crippen LogP contribution in [0, 0.1) is 0 Å². The van der Waals surface area contributed by atoms with Gasteiger partial charge in [-0.1, -0.05) is 13.3 Å². The fraction of sp³-hybridized carbons (Fsp3) is 0.545. The molecule has 0 spiro atoms. The van der Waals surface area contributed by atoms with Gasteiger partial charge in [0.2, 0.25) is 0 Å². The van der Waals surface area contributed by atoms with Crippen LogP contribution in [0.4, 0.5) is 0 Å². The van der Waals surface area contributed by atoms with Gasteiger partial charge in [-0.2, -0.15) is 0 Å². The lowest BCUT2D eigenvalue weighted by molar-refractivity contribution is -0.147. The molecule has 80 valence electrons. The van der Waals surface area contributed by atoms with Crippen LogP contribution in [0.5, 0.6) is 0 Å². The fourth-order valence-corrected chi connectivity index (χ4v) is 1.89. The summed E-state index contributed by atoms with van der Waals surface area (Å²) in [6.07, 6.45) is 4.74. The summed E-state index contributed by atoms with van der Waals surface area (Å²) in [5.41, 5.74) is 0.109. The van der Waals surface area contributed by atoms with E-state index in [9.17, 15) is 9.90 Å². The molecule has 0 saturated heterocycles. The molecule has 0 aromatic carbocycles. The van der Waals surface area contributed by atoms with Gasteiger partial charge in [-0.05, 0) is 25.3 Å². The lowest BCUT2D eigenvalue weighted by Crippen LogP contribution is -2.44. The van der Waals surface area contributed by atoms with Crippen LogP contribution < -0.4 is 0 Å². The second kappa shape index (κ2) is 3.61. The smallest absolute Gasteiger partial charge is 0.317 e. The van der Waals surface area contributed by atoms with Crippen LogP contribution in [0.25, 0.3) is 0 Å². The number of carbonyl (C=O) groups is 1. The van der Waals surface area contributed by atoms with E-state index in [1.807, 2.05) is 13.0 Å². The Morgan fingerprint density at radius 2 is 2.33 bits per heavy atom. The van der Waals surface area contributed by atoms with E-state index in [0.717, 1.165) is 18.5 Å². The third-order valence-corrected chi connectivity index (χ3v) is 3.12. The molecule has 0 aliphatic heterocycles. The maximum atomic E-state index is 11.2. The number of aromatic nitrogens is 2. The van der Waals surface area contributed by atoms with Gasteiger partial charge in [0.1, 0.15) is 11.2 Å². The summed E-state index contributed by atoms with van der Waals surface area (Å²) in [6.45, 7) is 2.00. The molecule has 15 heavy (non-hydrogen) atoms. The summed E-state index contributed by atoms with van der Waals surface area (Å²) in [7, 11) is 0. The molecule has 1 saturated carbocycles. The average molecular weight is 206 g/mol. The number of rotatable bonds is 3. The van der Waals surface area contributed by atoms with Crippen molar-refractivity contribution in [1.29, 1.82) is 0 Å². The van der Waals surface area contributed by atoms with Crippen LogP contribution in [0.15, 0.2) is 12.3 Å². The largest absolute Gasteiger partial charge is 0.480 e. The minimum Gasteiger partial charge on any atom is -0.480 e. The molecule has 4 nitrogen and oxygen atoms in total. The van der Waals surface area contributed by atoms with E-state index in [0.29, 0.717) is 18.7 Å². The van der Waals surface area contributed by atoms with E-state index in [1.165, 1.54) is 0 Å². The SMILES string of the molecule is CCc1ccnc(C2(C(=O)O)CCC2)n1. The van der Waals surface area contributed by atoms with Crippen LogP contribution in [-0.4, -0.2) is 21.0 Å². The van der Waals surface area contributed by atoms with Crippen molar-refractivity contribution in [3.05, 3.63) is 23.8 Å². The summed E-state index contributed by atoms with van der Waals surface area (Å²) >= 11 is 0. The summed E-state index contributed by atoms with van der Waals surface area (Å²) in [6, 6.07) is 1.83. The Hall–Kier alpha value is -1.45. The predicted molar refractivity (Wildman–Crippen MR) is 54.6 cm³/mol. The Morgan fingerprint density at radius 1 is 1.60 bits per heavy atom. The van der Waals surface area contributed by atoms with Crippen molar-refractivity contribution < 1.29 is 9.90 Å². The lowest BCUT2D eigenvalue weighted by Gasteiger charge is -2.35. The highest BCUT2D eigenvalue weighted by molar-refractivity contribution is 5.81. The number of carboxylic acids is 1. The van der Waals surface area contributed by atoms with Crippen molar-refractivity contribution in [2.24, 2.45) is 0 Å². The maximum absolute atomic E-state index is 11.2. The highest BCUT2D eigenvalue weighted by Gasteiger charge is 2.48. The molecule has 0 unspecified atom stereocenters. The molecule has 1 heterocycles. The van der Waals surface area contributed by atoms with Crippen molar-refractivity contribution in [3.63, 3.8) is 0 Å². The molecule has 1 aromatic rings. The monoisotopic (exact) mass is 206 g/mol. The Kier molecular flexibility index (Phi) is 2.42. The first-order valence-electron chi connectivity index (χ1n) is 5.25. The topological polar surface area (TPSA) is 63.1 Å². The number of aryl methyl sites for hydroxylation is 1. The molecule has 1 fully saturated rings. The van der Waals surface area contributed by atoms with Gasteiger partial charge in [0.05, 0.1) is 0 Å². The van der Waals surface area contributed by atoms with E-state index in [2.05, 4.69) is 9.97 Å². The zero-order valence-electron chi connectivity index (χ0n) is 8.73. The molecule has 4 heteroatoms. The predicted octanol–water partition coefficient (Wildman–Crippen LogP) is 1.55. The van der Waals surface area contributed by atoms with Gasteiger partial charge in [-0.3, -0.25) is 4.79 Å². The minimum atomic E-state index is -0.800. The Morgan fingerprint density at radius 3 is 2.80 bits per heavy atom. The molecular formula is C11H14N2O2. The summed E-state index contributed by atoms with van der Waals surface area (Å²) in [4.78, 5) is 19.6. The molecule has 1 N–H and O–H groups in total. The van der Waals surface area contributed by atoms with E-state index in [-0.39, 0.29) is 0 Å². The second-order valence-corrected chi connectivity index (χ2v) is 3.97. The van der Waals surface area contributed by atoms with Crippen LogP contribution in [0.2, 0.25) is 0 Å². The van der Waals surface area contributed by atoms with Crippen molar-refractivity contribution in [1.82, 2.24) is 9.97 Å². The van der Waals surface area contributed by atoms with Crippen LogP contribution in [0.1, 0.15) is 37.7 Å². The lowest BCUT2D eigenvalue weighted by atomic mass is 9.68. The summed E-state index contributed by atoms with van der Waals surface area (Å²) in [5.74, 6) is -0.303. The minimum absolute atomic E-state index is 0.487. The molecule has 1 aromatic heterocycles. The van der Waals surface area contributed by atoms with Gasteiger partial charge in [0, 0.05) is 11.9 Å². The van der Waals surface area contributed by atoms with Gasteiger partial charge in [-0.25, -0.2) is 9.97 Å². The zero-order chi connectivity index (χ0) is 10.9. The first-order chi connectivity index (χ1) is 7.19. The van der Waals surface area contributed by atoms with Crippen molar-refractivity contribution in [2.75, 3.05) is 0 Å².